The number of rotatable bonds is 3. The Morgan fingerprint density at radius 3 is 2.65 bits per heavy atom. The molecule has 0 aliphatic carbocycles. The maximum atomic E-state index is 5.89. The zero-order valence-electron chi connectivity index (χ0n) is 12.0. The number of aryl methyl sites for hydroxylation is 1. The summed E-state index contributed by atoms with van der Waals surface area (Å²) in [5, 5.41) is 0. The quantitative estimate of drug-likeness (QED) is 0.856. The lowest BCUT2D eigenvalue weighted by molar-refractivity contribution is 0.775. The van der Waals surface area contributed by atoms with Gasteiger partial charge < -0.3 is 10.6 Å². The fraction of sp³-hybridized carbons (Fsp3) is 0.333. The Hall–Kier alpha value is -1.96. The first-order chi connectivity index (χ1) is 9.76. The van der Waals surface area contributed by atoms with Gasteiger partial charge in [-0.05, 0) is 48.2 Å². The SMILES string of the molecule is CCc1ccc(N2CCC(c3cccc(N)c3)C2)cc1. The van der Waals surface area contributed by atoms with Gasteiger partial charge in [-0.1, -0.05) is 31.2 Å². The van der Waals surface area contributed by atoms with Crippen molar-refractivity contribution in [3.63, 3.8) is 0 Å². The third-order valence-electron chi connectivity index (χ3n) is 4.28. The molecule has 0 aromatic heterocycles. The summed E-state index contributed by atoms with van der Waals surface area (Å²) in [7, 11) is 0. The van der Waals surface area contributed by atoms with Crippen molar-refractivity contribution in [1.29, 1.82) is 0 Å². The van der Waals surface area contributed by atoms with Crippen LogP contribution in [-0.2, 0) is 6.42 Å². The summed E-state index contributed by atoms with van der Waals surface area (Å²) in [4.78, 5) is 2.48. The lowest BCUT2D eigenvalue weighted by atomic mass is 9.98. The Morgan fingerprint density at radius 1 is 1.15 bits per heavy atom. The van der Waals surface area contributed by atoms with Gasteiger partial charge in [-0.3, -0.25) is 0 Å². The molecule has 2 aromatic carbocycles. The second-order valence-electron chi connectivity index (χ2n) is 5.62. The van der Waals surface area contributed by atoms with E-state index in [-0.39, 0.29) is 0 Å². The first-order valence-corrected chi connectivity index (χ1v) is 7.45. The number of hydrogen-bond acceptors (Lipinski definition) is 2. The molecule has 0 bridgehead atoms. The van der Waals surface area contributed by atoms with E-state index in [9.17, 15) is 0 Å². The third-order valence-corrected chi connectivity index (χ3v) is 4.28. The smallest absolute Gasteiger partial charge is 0.0366 e. The molecule has 0 saturated carbocycles. The van der Waals surface area contributed by atoms with Gasteiger partial charge >= 0.3 is 0 Å². The Bertz CT molecular complexity index is 574. The molecule has 1 atom stereocenters. The number of nitrogens with two attached hydrogens (primary N) is 1. The molecule has 1 heterocycles. The zero-order valence-corrected chi connectivity index (χ0v) is 12.0. The van der Waals surface area contributed by atoms with Crippen molar-refractivity contribution in [3.05, 3.63) is 59.7 Å². The standard InChI is InChI=1S/C18H22N2/c1-2-14-6-8-18(9-7-14)20-11-10-16(13-20)15-4-3-5-17(19)12-15/h3-9,12,16H,2,10-11,13,19H2,1H3. The first kappa shape index (κ1) is 13.0. The number of nitrogen functional groups attached to an aromatic ring is 1. The first-order valence-electron chi connectivity index (χ1n) is 7.45. The molecule has 2 aromatic rings. The molecular formula is C18H22N2. The molecule has 2 heteroatoms. The van der Waals surface area contributed by atoms with E-state index in [1.807, 2.05) is 6.07 Å². The summed E-state index contributed by atoms with van der Waals surface area (Å²) >= 11 is 0. The van der Waals surface area contributed by atoms with Crippen LogP contribution in [0.1, 0.15) is 30.4 Å². The highest BCUT2D eigenvalue weighted by Gasteiger charge is 2.24. The second-order valence-corrected chi connectivity index (χ2v) is 5.62. The largest absolute Gasteiger partial charge is 0.399 e. The lowest BCUT2D eigenvalue weighted by Crippen LogP contribution is -2.19. The molecule has 20 heavy (non-hydrogen) atoms. The van der Waals surface area contributed by atoms with Crippen LogP contribution >= 0.6 is 0 Å². The summed E-state index contributed by atoms with van der Waals surface area (Å²) in [5.41, 5.74) is 10.9. The zero-order chi connectivity index (χ0) is 13.9. The summed E-state index contributed by atoms with van der Waals surface area (Å²) < 4.78 is 0. The van der Waals surface area contributed by atoms with Gasteiger partial charge in [-0.2, -0.15) is 0 Å². The highest BCUT2D eigenvalue weighted by molar-refractivity contribution is 5.50. The van der Waals surface area contributed by atoms with E-state index in [0.717, 1.165) is 25.2 Å². The normalized spacial score (nSPS) is 18.4. The van der Waals surface area contributed by atoms with Crippen molar-refractivity contribution in [3.8, 4) is 0 Å². The van der Waals surface area contributed by atoms with E-state index in [1.54, 1.807) is 0 Å². The monoisotopic (exact) mass is 266 g/mol. The van der Waals surface area contributed by atoms with Gasteiger partial charge in [0.05, 0.1) is 0 Å². The van der Waals surface area contributed by atoms with Gasteiger partial charge in [0.25, 0.3) is 0 Å². The molecule has 2 N–H and O–H groups in total. The summed E-state index contributed by atoms with van der Waals surface area (Å²) in [6.07, 6.45) is 2.31. The second kappa shape index (κ2) is 5.58. The maximum Gasteiger partial charge on any atom is 0.0366 e. The van der Waals surface area contributed by atoms with Crippen molar-refractivity contribution >= 4 is 11.4 Å². The van der Waals surface area contributed by atoms with Gasteiger partial charge in [0.2, 0.25) is 0 Å². The van der Waals surface area contributed by atoms with Crippen molar-refractivity contribution in [2.24, 2.45) is 0 Å². The lowest BCUT2D eigenvalue weighted by Gasteiger charge is -2.19. The van der Waals surface area contributed by atoms with Gasteiger partial charge in [0.15, 0.2) is 0 Å². The van der Waals surface area contributed by atoms with Crippen molar-refractivity contribution in [1.82, 2.24) is 0 Å². The van der Waals surface area contributed by atoms with Gasteiger partial charge in [0.1, 0.15) is 0 Å². The average Bonchev–Trinajstić information content (AvgIpc) is 2.97. The maximum absolute atomic E-state index is 5.89. The van der Waals surface area contributed by atoms with Crippen molar-refractivity contribution in [2.75, 3.05) is 23.7 Å². The molecule has 104 valence electrons. The van der Waals surface area contributed by atoms with E-state index in [4.69, 9.17) is 5.73 Å². The summed E-state index contributed by atoms with van der Waals surface area (Å²) in [6.45, 7) is 4.42. The van der Waals surface area contributed by atoms with Crippen LogP contribution in [0.15, 0.2) is 48.5 Å². The molecule has 2 nitrogen and oxygen atoms in total. The Morgan fingerprint density at radius 2 is 1.95 bits per heavy atom. The van der Waals surface area contributed by atoms with Gasteiger partial charge in [0, 0.05) is 30.4 Å². The molecule has 3 rings (SSSR count). The van der Waals surface area contributed by atoms with E-state index in [0.29, 0.717) is 5.92 Å². The fourth-order valence-electron chi connectivity index (χ4n) is 3.02. The Labute approximate surface area is 121 Å². The molecule has 0 amide bonds. The third kappa shape index (κ3) is 2.64. The van der Waals surface area contributed by atoms with E-state index >= 15 is 0 Å². The van der Waals surface area contributed by atoms with Crippen LogP contribution in [0.4, 0.5) is 11.4 Å². The van der Waals surface area contributed by atoms with E-state index in [2.05, 4.69) is 54.3 Å². The van der Waals surface area contributed by atoms with Crippen LogP contribution in [0, 0.1) is 0 Å². The average molecular weight is 266 g/mol. The van der Waals surface area contributed by atoms with Crippen molar-refractivity contribution < 1.29 is 0 Å². The molecule has 1 aliphatic rings. The minimum atomic E-state index is 0.601. The fourth-order valence-corrected chi connectivity index (χ4v) is 3.02. The molecular weight excluding hydrogens is 244 g/mol. The minimum Gasteiger partial charge on any atom is -0.399 e. The number of hydrogen-bond donors (Lipinski definition) is 1. The van der Waals surface area contributed by atoms with Crippen LogP contribution < -0.4 is 10.6 Å². The van der Waals surface area contributed by atoms with Gasteiger partial charge in [-0.15, -0.1) is 0 Å². The minimum absolute atomic E-state index is 0.601. The number of nitrogens with zero attached hydrogens (tertiary/aromatic N) is 1. The van der Waals surface area contributed by atoms with E-state index in [1.165, 1.54) is 23.2 Å². The van der Waals surface area contributed by atoms with Crippen LogP contribution in [-0.4, -0.2) is 13.1 Å². The van der Waals surface area contributed by atoms with Crippen LogP contribution in [0.5, 0.6) is 0 Å². The van der Waals surface area contributed by atoms with Crippen molar-refractivity contribution in [2.45, 2.75) is 25.7 Å². The van der Waals surface area contributed by atoms with E-state index < -0.39 is 0 Å². The molecule has 1 aliphatic heterocycles. The van der Waals surface area contributed by atoms with Crippen LogP contribution in [0.2, 0.25) is 0 Å². The molecule has 1 fully saturated rings. The Balaban J connectivity index is 1.72. The highest BCUT2D eigenvalue weighted by Crippen LogP contribution is 2.31. The topological polar surface area (TPSA) is 29.3 Å². The summed E-state index contributed by atoms with van der Waals surface area (Å²) in [5.74, 6) is 0.601. The molecule has 1 saturated heterocycles. The summed E-state index contributed by atoms with van der Waals surface area (Å²) in [6, 6.07) is 17.3. The van der Waals surface area contributed by atoms with Crippen LogP contribution in [0.3, 0.4) is 0 Å². The molecule has 0 spiro atoms. The van der Waals surface area contributed by atoms with Crippen LogP contribution in [0.25, 0.3) is 0 Å². The number of benzene rings is 2. The predicted octanol–water partition coefficient (Wildman–Crippen LogP) is 3.83. The highest BCUT2D eigenvalue weighted by atomic mass is 15.1. The number of anilines is 2. The Kier molecular flexibility index (Phi) is 3.64. The van der Waals surface area contributed by atoms with Gasteiger partial charge in [-0.25, -0.2) is 0 Å². The predicted molar refractivity (Wildman–Crippen MR) is 86.2 cm³/mol. The molecule has 0 radical (unpaired) electrons. The molecule has 1 unspecified atom stereocenters.